The van der Waals surface area contributed by atoms with Gasteiger partial charge in [-0.2, -0.15) is 0 Å². The summed E-state index contributed by atoms with van der Waals surface area (Å²) < 4.78 is 51.5. The quantitative estimate of drug-likeness (QED) is 0.129. The Morgan fingerprint density at radius 2 is 1.67 bits per heavy atom. The van der Waals surface area contributed by atoms with Crippen molar-refractivity contribution in [1.29, 1.82) is 0 Å². The van der Waals surface area contributed by atoms with E-state index in [4.69, 9.17) is 33.7 Å². The highest BCUT2D eigenvalue weighted by atomic mass is 31.2. The molecule has 268 valence electrons. The molecule has 4 rings (SSSR count). The fraction of sp³-hybridized carbons (Fsp3) is 0.562. The van der Waals surface area contributed by atoms with Crippen molar-refractivity contribution in [1.82, 2.24) is 24.8 Å². The maximum Gasteiger partial charge on any atom is 0.393 e. The number of carbonyl (C=O) groups excluding carboxylic acids is 3. The van der Waals surface area contributed by atoms with Crippen molar-refractivity contribution in [3.05, 3.63) is 43.0 Å². The zero-order valence-corrected chi connectivity index (χ0v) is 29.6. The fourth-order valence-electron chi connectivity index (χ4n) is 4.84. The minimum absolute atomic E-state index is 0.0120. The molecule has 1 aromatic carbocycles. The maximum atomic E-state index is 14.5. The predicted octanol–water partition coefficient (Wildman–Crippen LogP) is 4.15. The number of aromatic nitrogens is 4. The van der Waals surface area contributed by atoms with Crippen LogP contribution in [0, 0.1) is 5.41 Å². The number of para-hydroxylation sites is 1. The zero-order valence-electron chi connectivity index (χ0n) is 28.7. The van der Waals surface area contributed by atoms with E-state index in [-0.39, 0.29) is 47.6 Å². The largest absolute Gasteiger partial charge is 0.464 e. The van der Waals surface area contributed by atoms with Gasteiger partial charge < -0.3 is 29.2 Å². The van der Waals surface area contributed by atoms with E-state index in [9.17, 15) is 18.9 Å². The number of ether oxygens (including phenoxy) is 4. The van der Waals surface area contributed by atoms with Crippen molar-refractivity contribution in [3.63, 3.8) is 0 Å². The lowest BCUT2D eigenvalue weighted by Gasteiger charge is -2.30. The summed E-state index contributed by atoms with van der Waals surface area (Å²) in [6.45, 7) is 12.4. The van der Waals surface area contributed by atoms with E-state index in [0.29, 0.717) is 0 Å². The van der Waals surface area contributed by atoms with E-state index in [2.05, 4.69) is 20.3 Å². The molecular weight excluding hydrogens is 659 g/mol. The summed E-state index contributed by atoms with van der Waals surface area (Å²) in [5.74, 6) is -1.36. The first-order valence-corrected chi connectivity index (χ1v) is 17.8. The van der Waals surface area contributed by atoms with Gasteiger partial charge in [0.2, 0.25) is 0 Å². The highest BCUT2D eigenvalue weighted by molar-refractivity contribution is 7.54. The van der Waals surface area contributed by atoms with Gasteiger partial charge in [0.05, 0.1) is 19.0 Å². The molecule has 3 N–H and O–H groups in total. The van der Waals surface area contributed by atoms with Crippen LogP contribution < -0.4 is 15.6 Å². The first-order valence-electron chi connectivity index (χ1n) is 16.0. The highest BCUT2D eigenvalue weighted by Gasteiger charge is 2.54. The monoisotopic (exact) mass is 704 g/mol. The van der Waals surface area contributed by atoms with E-state index < -0.39 is 68.5 Å². The third-order valence-corrected chi connectivity index (χ3v) is 9.08. The lowest BCUT2D eigenvalue weighted by Crippen LogP contribution is -2.44. The maximum absolute atomic E-state index is 14.5. The minimum atomic E-state index is -4.14. The lowest BCUT2D eigenvalue weighted by atomic mass is 9.99. The van der Waals surface area contributed by atoms with E-state index in [1.807, 2.05) is 20.8 Å². The van der Waals surface area contributed by atoms with Gasteiger partial charge in [-0.1, -0.05) is 52.8 Å². The summed E-state index contributed by atoms with van der Waals surface area (Å²) in [6.07, 6.45) is -3.50. The van der Waals surface area contributed by atoms with Gasteiger partial charge in [0.15, 0.2) is 29.9 Å². The number of nitrogens with zero attached hydrogens (tertiary/aromatic N) is 4. The first-order chi connectivity index (χ1) is 23.1. The number of nitrogens with one attached hydrogen (secondary N) is 1. The Kier molecular flexibility index (Phi) is 12.4. The van der Waals surface area contributed by atoms with Crippen LogP contribution in [0.1, 0.15) is 67.5 Å². The number of anilines is 1. The number of hydrogen-bond acceptors (Lipinski definition) is 15. The van der Waals surface area contributed by atoms with Gasteiger partial charge in [0.1, 0.15) is 36.0 Å². The normalized spacial score (nSPS) is 21.8. The molecule has 1 fully saturated rings. The number of nitrogens with two attached hydrogens (primary N) is 1. The molecule has 17 heteroatoms. The molecule has 0 aliphatic carbocycles. The standard InChI is InChI=1S/C32H45N6O10P/c1-8-22(39)44-26-25(46-30(27(26)45-23(40)9-2)38-17-36-24-28(33)34-16-35-29(24)38)20(4)47-49(42,48-21-13-11-10-12-14-21)18-37-19(3)31(41)43-15-32(5,6)7/h10-14,16-17,19-20,25-27,30,37H,8-9,15,18H2,1-7H3,(H2,33,34,35). The van der Waals surface area contributed by atoms with Crippen LogP contribution in [0.3, 0.4) is 0 Å². The van der Waals surface area contributed by atoms with Crippen molar-refractivity contribution >= 4 is 42.5 Å². The van der Waals surface area contributed by atoms with Crippen LogP contribution >= 0.6 is 7.60 Å². The zero-order chi connectivity index (χ0) is 35.9. The molecule has 2 aromatic heterocycles. The first kappa shape index (κ1) is 37.7. The molecule has 1 aliphatic rings. The molecular formula is C32H45N6O10P. The van der Waals surface area contributed by atoms with Gasteiger partial charge in [-0.15, -0.1) is 0 Å². The minimum Gasteiger partial charge on any atom is -0.464 e. The average molecular weight is 705 g/mol. The van der Waals surface area contributed by atoms with E-state index in [0.717, 1.165) is 0 Å². The molecule has 3 heterocycles. The van der Waals surface area contributed by atoms with Gasteiger partial charge in [0, 0.05) is 12.8 Å². The van der Waals surface area contributed by atoms with Crippen molar-refractivity contribution < 1.29 is 46.9 Å². The summed E-state index contributed by atoms with van der Waals surface area (Å²) in [7, 11) is -4.14. The number of hydrogen-bond donors (Lipinski definition) is 2. The van der Waals surface area contributed by atoms with Crippen molar-refractivity contribution in [2.45, 2.75) is 98.0 Å². The molecule has 1 saturated heterocycles. The number of esters is 3. The van der Waals surface area contributed by atoms with E-state index in [1.54, 1.807) is 58.0 Å². The summed E-state index contributed by atoms with van der Waals surface area (Å²) in [5, 5.41) is 2.91. The number of nitrogen functional groups attached to an aromatic ring is 1. The Balaban J connectivity index is 1.66. The topological polar surface area (TPSA) is 205 Å². The van der Waals surface area contributed by atoms with Crippen LogP contribution in [-0.4, -0.2) is 80.8 Å². The van der Waals surface area contributed by atoms with Gasteiger partial charge >= 0.3 is 25.5 Å². The number of benzene rings is 1. The Morgan fingerprint density at radius 1 is 1.02 bits per heavy atom. The van der Waals surface area contributed by atoms with Crippen molar-refractivity contribution in [2.75, 3.05) is 18.6 Å². The third kappa shape index (κ3) is 9.75. The lowest BCUT2D eigenvalue weighted by molar-refractivity contribution is -0.168. The summed E-state index contributed by atoms with van der Waals surface area (Å²) >= 11 is 0. The molecule has 0 saturated carbocycles. The summed E-state index contributed by atoms with van der Waals surface area (Å²) in [4.78, 5) is 50.6. The van der Waals surface area contributed by atoms with Gasteiger partial charge in [-0.3, -0.25) is 28.8 Å². The Labute approximate surface area is 284 Å². The molecule has 0 radical (unpaired) electrons. The Hall–Kier alpha value is -4.11. The smallest absolute Gasteiger partial charge is 0.393 e. The predicted molar refractivity (Wildman–Crippen MR) is 177 cm³/mol. The van der Waals surface area contributed by atoms with Gasteiger partial charge in [-0.25, -0.2) is 19.5 Å². The molecule has 1 aliphatic heterocycles. The van der Waals surface area contributed by atoms with E-state index in [1.165, 1.54) is 17.2 Å². The molecule has 7 unspecified atom stereocenters. The molecule has 3 aromatic rings. The van der Waals surface area contributed by atoms with Crippen molar-refractivity contribution in [3.8, 4) is 5.75 Å². The molecule has 0 spiro atoms. The van der Waals surface area contributed by atoms with Crippen LogP contribution in [0.2, 0.25) is 0 Å². The SMILES string of the molecule is CCC(=O)OC1C(C(C)OP(=O)(CNC(C)C(=O)OCC(C)(C)C)Oc2ccccc2)OC(n2cnc3c(N)ncnc32)C1OC(=O)CC. The second kappa shape index (κ2) is 16.1. The fourth-order valence-corrected chi connectivity index (χ4v) is 6.59. The van der Waals surface area contributed by atoms with Crippen LogP contribution in [0.4, 0.5) is 5.82 Å². The number of carbonyl (C=O) groups is 3. The number of fused-ring (bicyclic) bond motifs is 1. The average Bonchev–Trinajstić information content (AvgIpc) is 3.64. The van der Waals surface area contributed by atoms with Crippen molar-refractivity contribution in [2.24, 2.45) is 5.41 Å². The number of imidazole rings is 1. The van der Waals surface area contributed by atoms with Crippen LogP contribution in [0.25, 0.3) is 11.2 Å². The Morgan fingerprint density at radius 3 is 2.31 bits per heavy atom. The van der Waals surface area contributed by atoms with Gasteiger partial charge in [0.25, 0.3) is 0 Å². The second-order valence-corrected chi connectivity index (χ2v) is 14.7. The highest BCUT2D eigenvalue weighted by Crippen LogP contribution is 2.50. The van der Waals surface area contributed by atoms with Crippen LogP contribution in [0.5, 0.6) is 5.75 Å². The molecule has 49 heavy (non-hydrogen) atoms. The van der Waals surface area contributed by atoms with E-state index >= 15 is 0 Å². The molecule has 16 nitrogen and oxygen atoms in total. The number of rotatable bonds is 15. The molecule has 0 amide bonds. The third-order valence-electron chi connectivity index (χ3n) is 7.37. The van der Waals surface area contributed by atoms with Crippen LogP contribution in [-0.2, 0) is 42.4 Å². The molecule has 0 bridgehead atoms. The van der Waals surface area contributed by atoms with Gasteiger partial charge in [-0.05, 0) is 31.4 Å². The Bertz CT molecular complexity index is 1650. The molecule has 7 atom stereocenters. The van der Waals surface area contributed by atoms with Crippen LogP contribution in [0.15, 0.2) is 43.0 Å². The summed E-state index contributed by atoms with van der Waals surface area (Å²) in [6, 6.07) is 7.52. The second-order valence-electron chi connectivity index (χ2n) is 12.8. The summed E-state index contributed by atoms with van der Waals surface area (Å²) in [5.41, 5.74) is 6.32.